The molecule has 3 aromatic rings. The molecule has 1 amide bonds. The van der Waals surface area contributed by atoms with E-state index in [-0.39, 0.29) is 12.5 Å². The number of aliphatic hydroxyl groups is 1. The molecule has 1 unspecified atom stereocenters. The molecule has 1 saturated carbocycles. The second-order valence-corrected chi connectivity index (χ2v) is 12.5. The number of sulfonamides is 1. The summed E-state index contributed by atoms with van der Waals surface area (Å²) in [6, 6.07) is 14.8. The van der Waals surface area contributed by atoms with Crippen LogP contribution in [0.2, 0.25) is 0 Å². The Bertz CT molecular complexity index is 1480. The minimum atomic E-state index is -3.25. The van der Waals surface area contributed by atoms with E-state index in [4.69, 9.17) is 9.47 Å². The van der Waals surface area contributed by atoms with Crippen LogP contribution < -0.4 is 14.8 Å². The van der Waals surface area contributed by atoms with Gasteiger partial charge in [-0.05, 0) is 42.7 Å². The van der Waals surface area contributed by atoms with Gasteiger partial charge in [0.25, 0.3) is 5.91 Å². The molecule has 11 nitrogen and oxygen atoms in total. The van der Waals surface area contributed by atoms with Gasteiger partial charge in [-0.15, -0.1) is 0 Å². The third kappa shape index (κ3) is 6.89. The first kappa shape index (κ1) is 29.1. The van der Waals surface area contributed by atoms with Gasteiger partial charge in [-0.25, -0.2) is 8.42 Å². The molecule has 0 bridgehead atoms. The molecule has 1 atom stereocenters. The molecular formula is C29H37N5O6S. The van der Waals surface area contributed by atoms with Gasteiger partial charge in [-0.1, -0.05) is 24.3 Å². The molecule has 0 spiro atoms. The summed E-state index contributed by atoms with van der Waals surface area (Å²) >= 11 is 0. The minimum Gasteiger partial charge on any atom is -0.493 e. The van der Waals surface area contributed by atoms with Crippen molar-refractivity contribution in [2.24, 2.45) is 7.05 Å². The summed E-state index contributed by atoms with van der Waals surface area (Å²) in [5, 5.41) is 18.4. The predicted octanol–water partition coefficient (Wildman–Crippen LogP) is 2.38. The number of nitrogens with zero attached hydrogens (tertiary/aromatic N) is 4. The Balaban J connectivity index is 1.16. The number of carbonyl (C=O) groups is 1. The number of rotatable bonds is 11. The number of ether oxygens (including phenoxy) is 2. The van der Waals surface area contributed by atoms with Crippen molar-refractivity contribution in [1.82, 2.24) is 24.3 Å². The highest BCUT2D eigenvalue weighted by molar-refractivity contribution is 7.88. The Morgan fingerprint density at radius 2 is 1.83 bits per heavy atom. The van der Waals surface area contributed by atoms with E-state index in [1.54, 1.807) is 28.8 Å². The fourth-order valence-electron chi connectivity index (χ4n) is 5.01. The van der Waals surface area contributed by atoms with Gasteiger partial charge >= 0.3 is 0 Å². The zero-order valence-corrected chi connectivity index (χ0v) is 24.4. The summed E-state index contributed by atoms with van der Waals surface area (Å²) in [5.74, 6) is 1.54. The number of benzene rings is 2. The van der Waals surface area contributed by atoms with Gasteiger partial charge in [0, 0.05) is 56.8 Å². The van der Waals surface area contributed by atoms with Gasteiger partial charge < -0.3 is 19.5 Å². The molecule has 5 rings (SSSR count). The lowest BCUT2D eigenvalue weighted by atomic mass is 10.1. The number of piperazine rings is 1. The van der Waals surface area contributed by atoms with Crippen molar-refractivity contribution in [3.63, 3.8) is 0 Å². The summed E-state index contributed by atoms with van der Waals surface area (Å²) in [6.07, 6.45) is 2.61. The molecule has 12 heteroatoms. The molecule has 220 valence electrons. The number of aromatic nitrogens is 2. The Morgan fingerprint density at radius 1 is 1.12 bits per heavy atom. The number of para-hydroxylation sites is 1. The largest absolute Gasteiger partial charge is 0.493 e. The van der Waals surface area contributed by atoms with E-state index in [9.17, 15) is 18.3 Å². The molecule has 41 heavy (non-hydrogen) atoms. The molecule has 2 N–H and O–H groups in total. The fourth-order valence-corrected chi connectivity index (χ4v) is 5.83. The van der Waals surface area contributed by atoms with Crippen molar-refractivity contribution >= 4 is 15.9 Å². The van der Waals surface area contributed by atoms with Crippen molar-refractivity contribution in [2.75, 3.05) is 39.5 Å². The fraction of sp³-hybridized carbons (Fsp3) is 0.448. The Morgan fingerprint density at radius 3 is 2.46 bits per heavy atom. The second-order valence-electron chi connectivity index (χ2n) is 10.6. The molecular weight excluding hydrogens is 546 g/mol. The molecule has 1 aromatic heterocycles. The third-order valence-electron chi connectivity index (χ3n) is 7.55. The van der Waals surface area contributed by atoms with Crippen molar-refractivity contribution in [2.45, 2.75) is 38.1 Å². The molecule has 1 aliphatic carbocycles. The standard InChI is InChI=1S/C29H37N5O6S/c1-32-25(17-24(31-32)21-11-12-21)28(35)30-18-23-5-4-6-26(27(23)39-2)40-19-20-7-9-22(10-8-20)29(36)33-13-15-34(16-14-33)41(3,37)38/h4-10,17,21,28,30,35H,11-16,18-19H2,1-3H3. The maximum atomic E-state index is 12.9. The number of carbonyl (C=O) groups excluding carboxylic acids is 1. The van der Waals surface area contributed by atoms with E-state index in [2.05, 4.69) is 10.4 Å². The lowest BCUT2D eigenvalue weighted by molar-refractivity contribution is 0.0698. The molecule has 2 heterocycles. The number of aliphatic hydroxyl groups excluding tert-OH is 1. The molecule has 1 aliphatic heterocycles. The molecule has 2 aliphatic rings. The smallest absolute Gasteiger partial charge is 0.253 e. The zero-order chi connectivity index (χ0) is 29.1. The van der Waals surface area contributed by atoms with E-state index >= 15 is 0 Å². The van der Waals surface area contributed by atoms with E-state index in [1.807, 2.05) is 43.4 Å². The maximum absolute atomic E-state index is 12.9. The Kier molecular flexibility index (Phi) is 8.64. The van der Waals surface area contributed by atoms with Crippen molar-refractivity contribution in [3.05, 3.63) is 76.6 Å². The van der Waals surface area contributed by atoms with E-state index < -0.39 is 16.3 Å². The summed E-state index contributed by atoms with van der Waals surface area (Å²) in [5.41, 5.74) is 4.01. The van der Waals surface area contributed by atoms with Crippen LogP contribution >= 0.6 is 0 Å². The Labute approximate surface area is 240 Å². The minimum absolute atomic E-state index is 0.121. The van der Waals surface area contributed by atoms with Crippen molar-refractivity contribution in [3.8, 4) is 11.5 Å². The highest BCUT2D eigenvalue weighted by Gasteiger charge is 2.28. The average Bonchev–Trinajstić information content (AvgIpc) is 3.75. The van der Waals surface area contributed by atoms with Crippen LogP contribution in [-0.4, -0.2) is 78.0 Å². The van der Waals surface area contributed by atoms with Gasteiger partial charge in [-0.2, -0.15) is 9.40 Å². The summed E-state index contributed by atoms with van der Waals surface area (Å²) in [6.45, 7) is 1.97. The molecule has 2 aromatic carbocycles. The van der Waals surface area contributed by atoms with Crippen LogP contribution in [0, 0.1) is 0 Å². The SMILES string of the molecule is COc1c(CNC(O)c2cc(C3CC3)nn2C)cccc1OCc1ccc(C(=O)N2CCN(S(C)(=O)=O)CC2)cc1. The van der Waals surface area contributed by atoms with Gasteiger partial charge in [0.2, 0.25) is 10.0 Å². The second kappa shape index (κ2) is 12.2. The number of aryl methyl sites for hydroxylation is 1. The van der Waals surface area contributed by atoms with Gasteiger partial charge in [0.1, 0.15) is 12.8 Å². The third-order valence-corrected chi connectivity index (χ3v) is 8.85. The van der Waals surface area contributed by atoms with Crippen LogP contribution in [0.15, 0.2) is 48.5 Å². The van der Waals surface area contributed by atoms with Gasteiger partial charge in [0.15, 0.2) is 11.5 Å². The molecule has 2 fully saturated rings. The first-order chi connectivity index (χ1) is 19.6. The van der Waals surface area contributed by atoms with Crippen molar-refractivity contribution < 1.29 is 27.8 Å². The van der Waals surface area contributed by atoms with Crippen molar-refractivity contribution in [1.29, 1.82) is 0 Å². The summed E-state index contributed by atoms with van der Waals surface area (Å²) in [7, 11) is 0.175. The monoisotopic (exact) mass is 583 g/mol. The molecule has 1 saturated heterocycles. The highest BCUT2D eigenvalue weighted by Crippen LogP contribution is 2.39. The highest BCUT2D eigenvalue weighted by atomic mass is 32.2. The topological polar surface area (TPSA) is 126 Å². The van der Waals surface area contributed by atoms with Crippen LogP contribution in [-0.2, 0) is 30.2 Å². The van der Waals surface area contributed by atoms with Crippen LogP contribution in [0.1, 0.15) is 57.9 Å². The first-order valence-corrected chi connectivity index (χ1v) is 15.6. The summed E-state index contributed by atoms with van der Waals surface area (Å²) < 4.78 is 38.3. The van der Waals surface area contributed by atoms with Crippen LogP contribution in [0.5, 0.6) is 11.5 Å². The van der Waals surface area contributed by atoms with E-state index in [0.29, 0.717) is 55.7 Å². The quantitative estimate of drug-likeness (QED) is 0.330. The van der Waals surface area contributed by atoms with Gasteiger partial charge in [-0.3, -0.25) is 14.8 Å². The zero-order valence-electron chi connectivity index (χ0n) is 23.6. The Hall–Kier alpha value is -3.45. The lowest BCUT2D eigenvalue weighted by Crippen LogP contribution is -2.50. The number of nitrogens with one attached hydrogen (secondary N) is 1. The lowest BCUT2D eigenvalue weighted by Gasteiger charge is -2.33. The predicted molar refractivity (Wildman–Crippen MR) is 153 cm³/mol. The number of amides is 1. The van der Waals surface area contributed by atoms with E-state index in [0.717, 1.165) is 35.4 Å². The van der Waals surface area contributed by atoms with Crippen LogP contribution in [0.3, 0.4) is 0 Å². The number of hydrogen-bond donors (Lipinski definition) is 2. The average molecular weight is 584 g/mol. The van der Waals surface area contributed by atoms with E-state index in [1.165, 1.54) is 10.6 Å². The van der Waals surface area contributed by atoms with Crippen LogP contribution in [0.25, 0.3) is 0 Å². The normalized spacial score (nSPS) is 16.9. The number of hydrogen-bond acceptors (Lipinski definition) is 8. The first-order valence-electron chi connectivity index (χ1n) is 13.7. The molecule has 0 radical (unpaired) electrons. The van der Waals surface area contributed by atoms with Gasteiger partial charge in [0.05, 0.1) is 24.8 Å². The van der Waals surface area contributed by atoms with Crippen LogP contribution in [0.4, 0.5) is 0 Å². The maximum Gasteiger partial charge on any atom is 0.253 e. The summed E-state index contributed by atoms with van der Waals surface area (Å²) in [4.78, 5) is 14.6. The number of methoxy groups -OCH3 is 1.